The van der Waals surface area contributed by atoms with E-state index in [1.165, 1.54) is 0 Å². The summed E-state index contributed by atoms with van der Waals surface area (Å²) in [6.07, 6.45) is 3.80. The summed E-state index contributed by atoms with van der Waals surface area (Å²) in [5.41, 5.74) is 7.33. The maximum Gasteiger partial charge on any atom is 0.251 e. The summed E-state index contributed by atoms with van der Waals surface area (Å²) in [5, 5.41) is 3.07. The van der Waals surface area contributed by atoms with E-state index >= 15 is 0 Å². The molecule has 0 spiro atoms. The van der Waals surface area contributed by atoms with Gasteiger partial charge in [-0.2, -0.15) is 0 Å². The number of carbonyl (C=O) groups excluding carboxylic acids is 1. The first-order chi connectivity index (χ1) is 10.0. The zero-order valence-corrected chi connectivity index (χ0v) is 12.9. The Morgan fingerprint density at radius 2 is 1.67 bits per heavy atom. The molecule has 0 aromatic heterocycles. The Hall–Kier alpha value is -1.75. The van der Waals surface area contributed by atoms with Crippen LogP contribution in [0, 0.1) is 6.92 Å². The lowest BCUT2D eigenvalue weighted by molar-refractivity contribution is 0.0925. The molecule has 5 heteroatoms. The Labute approximate surface area is 125 Å². The molecule has 0 saturated heterocycles. The van der Waals surface area contributed by atoms with E-state index in [0.29, 0.717) is 17.1 Å². The highest BCUT2D eigenvalue weighted by Gasteiger charge is 2.21. The quantitative estimate of drug-likeness (QED) is 0.890. The van der Waals surface area contributed by atoms with Crippen LogP contribution in [0.1, 0.15) is 41.6 Å². The van der Waals surface area contributed by atoms with Crippen molar-refractivity contribution in [3.8, 4) is 11.5 Å². The van der Waals surface area contributed by atoms with Crippen molar-refractivity contribution in [1.29, 1.82) is 0 Å². The number of hydrogen-bond acceptors (Lipinski definition) is 4. The van der Waals surface area contributed by atoms with Crippen molar-refractivity contribution in [3.63, 3.8) is 0 Å². The molecule has 5 nitrogen and oxygen atoms in total. The van der Waals surface area contributed by atoms with Crippen LogP contribution in [0.25, 0.3) is 0 Å². The maximum atomic E-state index is 12.4. The molecule has 1 fully saturated rings. The normalized spacial score (nSPS) is 21.7. The van der Waals surface area contributed by atoms with E-state index in [1.807, 2.05) is 6.92 Å². The minimum absolute atomic E-state index is 0.0907. The smallest absolute Gasteiger partial charge is 0.251 e. The molecule has 1 saturated carbocycles. The molecule has 1 aliphatic carbocycles. The highest BCUT2D eigenvalue weighted by atomic mass is 16.5. The first-order valence-corrected chi connectivity index (χ1v) is 7.34. The van der Waals surface area contributed by atoms with Crippen molar-refractivity contribution >= 4 is 5.91 Å². The average molecular weight is 292 g/mol. The zero-order valence-electron chi connectivity index (χ0n) is 12.9. The van der Waals surface area contributed by atoms with E-state index in [2.05, 4.69) is 5.32 Å². The average Bonchev–Trinajstić information content (AvgIpc) is 2.49. The van der Waals surface area contributed by atoms with Gasteiger partial charge in [-0.15, -0.1) is 0 Å². The van der Waals surface area contributed by atoms with Crippen LogP contribution in [-0.4, -0.2) is 32.2 Å². The number of amides is 1. The van der Waals surface area contributed by atoms with Crippen LogP contribution in [0.4, 0.5) is 0 Å². The molecule has 0 heterocycles. The highest BCUT2D eigenvalue weighted by Crippen LogP contribution is 2.29. The molecule has 0 bridgehead atoms. The van der Waals surface area contributed by atoms with Crippen molar-refractivity contribution in [1.82, 2.24) is 5.32 Å². The first kappa shape index (κ1) is 15.6. The second kappa shape index (κ2) is 6.80. The molecular weight excluding hydrogens is 268 g/mol. The van der Waals surface area contributed by atoms with Crippen molar-refractivity contribution in [2.24, 2.45) is 5.73 Å². The van der Waals surface area contributed by atoms with Crippen LogP contribution in [0.15, 0.2) is 12.1 Å². The van der Waals surface area contributed by atoms with Gasteiger partial charge in [0.2, 0.25) is 0 Å². The van der Waals surface area contributed by atoms with Gasteiger partial charge in [-0.3, -0.25) is 4.79 Å². The minimum Gasteiger partial charge on any atom is -0.496 e. The lowest BCUT2D eigenvalue weighted by Gasteiger charge is -2.27. The van der Waals surface area contributed by atoms with Gasteiger partial charge in [0.1, 0.15) is 11.5 Å². The highest BCUT2D eigenvalue weighted by molar-refractivity contribution is 5.95. The monoisotopic (exact) mass is 292 g/mol. The molecule has 21 heavy (non-hydrogen) atoms. The number of nitrogens with one attached hydrogen (secondary N) is 1. The Morgan fingerprint density at radius 3 is 2.14 bits per heavy atom. The second-order valence-electron chi connectivity index (χ2n) is 5.59. The maximum absolute atomic E-state index is 12.4. The predicted molar refractivity (Wildman–Crippen MR) is 82.0 cm³/mol. The van der Waals surface area contributed by atoms with Gasteiger partial charge < -0.3 is 20.5 Å². The van der Waals surface area contributed by atoms with Crippen LogP contribution in [0.3, 0.4) is 0 Å². The van der Waals surface area contributed by atoms with Gasteiger partial charge in [0, 0.05) is 23.2 Å². The molecule has 0 atom stereocenters. The van der Waals surface area contributed by atoms with Gasteiger partial charge in [0.25, 0.3) is 5.91 Å². The lowest BCUT2D eigenvalue weighted by Crippen LogP contribution is -2.40. The van der Waals surface area contributed by atoms with E-state index in [4.69, 9.17) is 15.2 Å². The summed E-state index contributed by atoms with van der Waals surface area (Å²) in [7, 11) is 3.18. The molecule has 0 aliphatic heterocycles. The topological polar surface area (TPSA) is 73.6 Å². The van der Waals surface area contributed by atoms with Gasteiger partial charge in [-0.05, 0) is 44.7 Å². The Kier molecular flexibility index (Phi) is 5.07. The van der Waals surface area contributed by atoms with Crippen LogP contribution in [-0.2, 0) is 0 Å². The number of ether oxygens (including phenoxy) is 2. The number of nitrogens with two attached hydrogens (primary N) is 1. The van der Waals surface area contributed by atoms with E-state index in [-0.39, 0.29) is 18.0 Å². The molecule has 0 radical (unpaired) electrons. The first-order valence-electron chi connectivity index (χ1n) is 7.34. The summed E-state index contributed by atoms with van der Waals surface area (Å²) in [6.45, 7) is 1.90. The second-order valence-corrected chi connectivity index (χ2v) is 5.59. The van der Waals surface area contributed by atoms with Gasteiger partial charge in [-0.1, -0.05) is 0 Å². The van der Waals surface area contributed by atoms with Crippen molar-refractivity contribution in [2.75, 3.05) is 14.2 Å². The Balaban J connectivity index is 2.11. The van der Waals surface area contributed by atoms with Crippen LogP contribution in [0.2, 0.25) is 0 Å². The fourth-order valence-electron chi connectivity index (χ4n) is 2.75. The molecule has 1 aromatic carbocycles. The minimum atomic E-state index is -0.0907. The summed E-state index contributed by atoms with van der Waals surface area (Å²) in [5.74, 6) is 1.22. The Bertz CT molecular complexity index is 483. The van der Waals surface area contributed by atoms with Crippen molar-refractivity contribution in [2.45, 2.75) is 44.7 Å². The van der Waals surface area contributed by atoms with Crippen LogP contribution < -0.4 is 20.5 Å². The largest absolute Gasteiger partial charge is 0.496 e. The zero-order chi connectivity index (χ0) is 15.4. The summed E-state index contributed by atoms with van der Waals surface area (Å²) in [6, 6.07) is 3.98. The number of benzene rings is 1. The van der Waals surface area contributed by atoms with Crippen LogP contribution >= 0.6 is 0 Å². The molecule has 0 unspecified atom stereocenters. The fourth-order valence-corrected chi connectivity index (χ4v) is 2.75. The van der Waals surface area contributed by atoms with E-state index in [9.17, 15) is 4.79 Å². The van der Waals surface area contributed by atoms with E-state index < -0.39 is 0 Å². The molecule has 3 N–H and O–H groups in total. The van der Waals surface area contributed by atoms with E-state index in [1.54, 1.807) is 26.4 Å². The lowest BCUT2D eigenvalue weighted by atomic mass is 9.91. The Morgan fingerprint density at radius 1 is 1.14 bits per heavy atom. The number of carbonyl (C=O) groups is 1. The van der Waals surface area contributed by atoms with Gasteiger partial charge in [0.05, 0.1) is 14.2 Å². The molecule has 1 aliphatic rings. The van der Waals surface area contributed by atoms with Gasteiger partial charge in [-0.25, -0.2) is 0 Å². The predicted octanol–water partition coefficient (Wildman–Crippen LogP) is 2.01. The standard InChI is InChI=1S/C16H24N2O3/c1-10-14(20-2)8-11(9-15(10)21-3)16(19)18-13-6-4-12(17)5-7-13/h8-9,12-13H,4-7,17H2,1-3H3,(H,18,19). The van der Waals surface area contributed by atoms with Crippen molar-refractivity contribution < 1.29 is 14.3 Å². The van der Waals surface area contributed by atoms with Gasteiger partial charge >= 0.3 is 0 Å². The third-order valence-electron chi connectivity index (χ3n) is 4.12. The number of rotatable bonds is 4. The fraction of sp³-hybridized carbons (Fsp3) is 0.562. The third-order valence-corrected chi connectivity index (χ3v) is 4.12. The van der Waals surface area contributed by atoms with Crippen molar-refractivity contribution in [3.05, 3.63) is 23.3 Å². The summed E-state index contributed by atoms with van der Waals surface area (Å²) < 4.78 is 10.6. The molecule has 1 aromatic rings. The molecule has 1 amide bonds. The molecule has 2 rings (SSSR count). The molecule has 116 valence electrons. The number of methoxy groups -OCH3 is 2. The van der Waals surface area contributed by atoms with E-state index in [0.717, 1.165) is 31.2 Å². The number of hydrogen-bond donors (Lipinski definition) is 2. The SMILES string of the molecule is COc1cc(C(=O)NC2CCC(N)CC2)cc(OC)c1C. The molecular formula is C16H24N2O3. The van der Waals surface area contributed by atoms with Gasteiger partial charge in [0.15, 0.2) is 0 Å². The van der Waals surface area contributed by atoms with Crippen LogP contribution in [0.5, 0.6) is 11.5 Å². The summed E-state index contributed by atoms with van der Waals surface area (Å²) >= 11 is 0. The third kappa shape index (κ3) is 3.67. The summed E-state index contributed by atoms with van der Waals surface area (Å²) in [4.78, 5) is 12.4.